The number of nitrogens with two attached hydrogens (primary N) is 1. The first-order valence-corrected chi connectivity index (χ1v) is 40.4. The number of carbonyl (C=O) groups is 10. The summed E-state index contributed by atoms with van der Waals surface area (Å²) in [7, 11) is 2.72. The van der Waals surface area contributed by atoms with E-state index in [9.17, 15) is 69.9 Å². The van der Waals surface area contributed by atoms with E-state index in [2.05, 4.69) is 58.2 Å². The summed E-state index contributed by atoms with van der Waals surface area (Å²) in [6.45, 7) is 4.85. The van der Waals surface area contributed by atoms with Gasteiger partial charge in [-0.1, -0.05) is 78.5 Å². The van der Waals surface area contributed by atoms with Crippen LogP contribution in [0.25, 0.3) is 11.1 Å². The molecule has 11 bridgehead atoms. The Morgan fingerprint density at radius 2 is 1.33 bits per heavy atom. The molecule has 14 rings (SSSR count). The average molecular weight is 1810 g/mol. The van der Waals surface area contributed by atoms with Crippen molar-refractivity contribution in [3.05, 3.63) is 175 Å². The van der Waals surface area contributed by atoms with E-state index in [4.69, 9.17) is 85.4 Å². The number of primary amides is 1. The van der Waals surface area contributed by atoms with Crippen LogP contribution in [-0.4, -0.2) is 216 Å². The zero-order valence-corrected chi connectivity index (χ0v) is 70.1. The molecule has 10 amide bonds. The van der Waals surface area contributed by atoms with Crippen molar-refractivity contribution in [3.63, 3.8) is 0 Å². The SMILES string of the molecule is CNC(=O)CONC(=O)[C@@H]1NC(=O)[C@H]2NC(=O)[C@H](NC(=O)[C@@H]3NC(=O)[C@H](CC(N)=O)NC(=O)[C@H](NC(=O)[C@@H](CC(C)C)NC)[C@H](O)c4ccc(c(Cl)c4)Oc4cc3cc(c4O[C@@H]3O[C@H](CO)[C@@H](O)[C@H](O)[C@H]3O[C@H]3C[C@](C)(NCc4cncc(C(=O)Nc5cc(Cl)cc(Cl)c5)c4)[C@H](O)[C@H](C)O3)Oc3ccc(cc3Cl)[C@H]2O)c2ccc(O)c(c2)-c2c(O)cc(O)cc21. The van der Waals surface area contributed by atoms with Gasteiger partial charge in [0.25, 0.3) is 11.8 Å². The zero-order chi connectivity index (χ0) is 90.5. The number of phenols is 3. The van der Waals surface area contributed by atoms with E-state index < -0.39 is 260 Å². The molecule has 666 valence electrons. The summed E-state index contributed by atoms with van der Waals surface area (Å²) in [6, 6.07) is 5.04. The van der Waals surface area contributed by atoms with Gasteiger partial charge in [-0.3, -0.25) is 57.8 Å². The van der Waals surface area contributed by atoms with Gasteiger partial charge in [0.05, 0.1) is 46.9 Å². The second kappa shape index (κ2) is 39.5. The molecule has 1 aromatic heterocycles. The van der Waals surface area contributed by atoms with Crippen molar-refractivity contribution >= 4 is 111 Å². The van der Waals surface area contributed by atoms with Crippen molar-refractivity contribution in [1.29, 1.82) is 0 Å². The summed E-state index contributed by atoms with van der Waals surface area (Å²) in [5, 5.41) is 133. The van der Waals surface area contributed by atoms with Crippen LogP contribution in [0.3, 0.4) is 0 Å². The summed E-state index contributed by atoms with van der Waals surface area (Å²) in [5.74, 6) is -17.3. The molecule has 0 spiro atoms. The number of likely N-dealkylation sites (N-methyl/N-ethyl adjacent to an activating group) is 2. The van der Waals surface area contributed by atoms with Crippen LogP contribution in [0.4, 0.5) is 5.69 Å². The number of nitrogens with one attached hydrogen (secondary N) is 11. The fourth-order valence-corrected chi connectivity index (χ4v) is 15.8. The zero-order valence-electron chi connectivity index (χ0n) is 67.1. The van der Waals surface area contributed by atoms with Crippen LogP contribution in [0.15, 0.2) is 116 Å². The van der Waals surface area contributed by atoms with Crippen LogP contribution in [0.1, 0.15) is 121 Å². The highest BCUT2D eigenvalue weighted by Crippen LogP contribution is 2.50. The number of phenolic OH excluding ortho intramolecular Hbond substituents is 3. The summed E-state index contributed by atoms with van der Waals surface area (Å²) in [4.78, 5) is 155. The Balaban J connectivity index is 1.03. The highest BCUT2D eigenvalue weighted by atomic mass is 35.5. The van der Waals surface area contributed by atoms with E-state index in [0.29, 0.717) is 11.3 Å². The fraction of sp³-hybridized carbons (Fsp3) is 0.378. The fourth-order valence-electron chi connectivity index (χ4n) is 14.8. The molecular formula is C82H89Cl4N13O26. The minimum absolute atomic E-state index is 0.0561. The topological polar surface area (TPSA) is 589 Å². The summed E-state index contributed by atoms with van der Waals surface area (Å²) in [6.07, 6.45) is -16.8. The molecule has 0 saturated carbocycles. The molecule has 6 aromatic carbocycles. The number of ether oxygens (including phenoxy) is 6. The summed E-state index contributed by atoms with van der Waals surface area (Å²) < 4.78 is 39.5. The van der Waals surface area contributed by atoms with Crippen molar-refractivity contribution < 1.29 is 127 Å². The summed E-state index contributed by atoms with van der Waals surface area (Å²) in [5.41, 5.74) is 4.32. The van der Waals surface area contributed by atoms with Crippen LogP contribution < -0.4 is 78.6 Å². The maximum atomic E-state index is 16.4. The molecule has 22 N–H and O–H groups in total. The van der Waals surface area contributed by atoms with Crippen LogP contribution in [0.2, 0.25) is 20.1 Å². The number of halogens is 4. The predicted octanol–water partition coefficient (Wildman–Crippen LogP) is 2.60. The Bertz CT molecular complexity index is 5310. The number of aromatic nitrogens is 1. The van der Waals surface area contributed by atoms with E-state index in [1.54, 1.807) is 6.92 Å². The molecule has 18 atom stereocenters. The number of nitrogens with zero attached hydrogens (tertiary/aromatic N) is 1. The third-order valence-electron chi connectivity index (χ3n) is 21.3. The molecule has 39 nitrogen and oxygen atoms in total. The molecule has 0 radical (unpaired) electrons. The number of aromatic hydroxyl groups is 3. The average Bonchev–Trinajstić information content (AvgIpc) is 0.761. The molecule has 125 heavy (non-hydrogen) atoms. The Hall–Kier alpha value is -11.4. The van der Waals surface area contributed by atoms with Crippen LogP contribution >= 0.6 is 46.4 Å². The highest BCUT2D eigenvalue weighted by molar-refractivity contribution is 6.35. The number of pyridine rings is 1. The van der Waals surface area contributed by atoms with Gasteiger partial charge in [0, 0.05) is 70.9 Å². The van der Waals surface area contributed by atoms with E-state index in [1.165, 1.54) is 69.8 Å². The molecule has 7 aliphatic heterocycles. The second-order valence-corrected chi connectivity index (χ2v) is 32.5. The van der Waals surface area contributed by atoms with Crippen molar-refractivity contribution in [2.24, 2.45) is 11.7 Å². The number of fused-ring (bicyclic) bond motifs is 15. The van der Waals surface area contributed by atoms with Crippen molar-refractivity contribution in [1.82, 2.24) is 58.3 Å². The molecular weight excluding hydrogens is 1720 g/mol. The maximum Gasteiger partial charge on any atom is 0.270 e. The first kappa shape index (κ1) is 92.8. The molecule has 7 aliphatic rings. The molecule has 0 unspecified atom stereocenters. The highest BCUT2D eigenvalue weighted by Gasteiger charge is 2.52. The number of rotatable bonds is 21. The first-order valence-electron chi connectivity index (χ1n) is 38.9. The van der Waals surface area contributed by atoms with E-state index in [1.807, 2.05) is 19.3 Å². The lowest BCUT2D eigenvalue weighted by Crippen LogP contribution is -2.65. The third kappa shape index (κ3) is 21.3. The molecule has 2 saturated heterocycles. The van der Waals surface area contributed by atoms with Gasteiger partial charge >= 0.3 is 0 Å². The van der Waals surface area contributed by atoms with Gasteiger partial charge in [0.2, 0.25) is 59.3 Å². The number of aliphatic hydroxyl groups excluding tert-OH is 6. The number of hydrogen-bond acceptors (Lipinski definition) is 29. The van der Waals surface area contributed by atoms with Crippen molar-refractivity contribution in [2.75, 3.05) is 32.6 Å². The molecule has 0 aliphatic carbocycles. The summed E-state index contributed by atoms with van der Waals surface area (Å²) >= 11 is 26.8. The number of benzene rings is 6. The van der Waals surface area contributed by atoms with Gasteiger partial charge in [-0.05, 0) is 145 Å². The number of carbonyl (C=O) groups excluding carboxylic acids is 10. The lowest BCUT2D eigenvalue weighted by atomic mass is 9.84. The maximum absolute atomic E-state index is 16.4. The van der Waals surface area contributed by atoms with E-state index in [-0.39, 0.29) is 63.4 Å². The Kier molecular flexibility index (Phi) is 29.3. The number of hydrogen-bond donors (Lipinski definition) is 21. The lowest BCUT2D eigenvalue weighted by Gasteiger charge is -2.48. The number of amides is 10. The van der Waals surface area contributed by atoms with Crippen molar-refractivity contribution in [3.8, 4) is 57.1 Å². The van der Waals surface area contributed by atoms with Gasteiger partial charge in [-0.15, -0.1) is 0 Å². The van der Waals surface area contributed by atoms with Crippen LogP contribution in [-0.2, 0) is 68.7 Å². The van der Waals surface area contributed by atoms with Gasteiger partial charge < -0.3 is 133 Å². The van der Waals surface area contributed by atoms with Crippen molar-refractivity contribution in [2.45, 2.75) is 163 Å². The minimum atomic E-state index is -2.41. The number of anilines is 1. The third-order valence-corrected chi connectivity index (χ3v) is 22.3. The van der Waals surface area contributed by atoms with Crippen LogP contribution in [0.5, 0.6) is 46.0 Å². The van der Waals surface area contributed by atoms with Gasteiger partial charge in [-0.2, -0.15) is 0 Å². The normalized spacial score (nSPS) is 25.9. The van der Waals surface area contributed by atoms with Crippen LogP contribution in [0, 0.1) is 5.92 Å². The van der Waals surface area contributed by atoms with E-state index in [0.717, 1.165) is 66.7 Å². The molecule has 8 heterocycles. The van der Waals surface area contributed by atoms with Gasteiger partial charge in [-0.25, -0.2) is 5.48 Å². The first-order chi connectivity index (χ1) is 59.3. The van der Waals surface area contributed by atoms with Gasteiger partial charge in [0.15, 0.2) is 30.5 Å². The number of hydroxylamine groups is 1. The number of aliphatic hydroxyl groups is 6. The molecule has 43 heteroatoms. The smallest absolute Gasteiger partial charge is 0.270 e. The standard InChI is InChI=1S/C82H89Cl4N13O26/c1-32(2)13-48(88-5)74(112)97-64-66(106)36-8-11-52(46(85)16-36)121-54-18-38-19-55(70(54)125-81-71(69(109)68(108)56(30-100)123-81)124-59-26-82(4,72(110)33(3)120-59)91-28-34-14-39(29-90-27-34)73(111)92-42-21-40(83)20-41(84)22-42)122-53-12-9-37(17-47(53)86)67(107)65-79(117)96-63(80(118)99-119-31-58(105)89-6)45-23-43(101)24-51(103)60(45)44-15-35(7-10-50(44)102)61(76(114)98-65)95-77(115)62(38)94-75(113)49(25-57(87)104)93-78(64)116/h7-12,14-24,27,29,32-33,48-49,56,59,61-69,71-72,81,88,91,100-103,106-110H,13,25-26,28,30-31H2,1-6H3,(H2,87,104)(H,89,105)(H,92,111)(H,93,116)(H,94,113)(H,95,115)(H,96,117)(H,97,112)(H,98,114)(H,99,118)/t33-,48+,49-,56+,59-,61+,62+,63+,64+,65-,66+,67+,68+,69-,71+,72+,81-,82-/m0/s1. The molecule has 2 fully saturated rings. The second-order valence-electron chi connectivity index (χ2n) is 30.8. The quantitative estimate of drug-likeness (QED) is 0.0460. The Labute approximate surface area is 731 Å². The largest absolute Gasteiger partial charge is 0.508 e. The lowest BCUT2D eigenvalue weighted by molar-refractivity contribution is -0.334. The monoisotopic (exact) mass is 1810 g/mol. The minimum Gasteiger partial charge on any atom is -0.508 e. The molecule has 7 aromatic rings. The Morgan fingerprint density at radius 1 is 0.688 bits per heavy atom. The Morgan fingerprint density at radius 3 is 1.96 bits per heavy atom. The van der Waals surface area contributed by atoms with Gasteiger partial charge in [0.1, 0.15) is 95.5 Å². The van der Waals surface area contributed by atoms with E-state index >= 15 is 24.0 Å². The predicted molar refractivity (Wildman–Crippen MR) is 441 cm³/mol.